The molecule has 2 N–H and O–H groups in total. The Balaban J connectivity index is 1.94. The van der Waals surface area contributed by atoms with Gasteiger partial charge in [-0.2, -0.15) is 0 Å². The fourth-order valence-corrected chi connectivity index (χ4v) is 2.25. The van der Waals surface area contributed by atoms with Crippen LogP contribution in [0, 0.1) is 18.8 Å². The number of nitrogens with one attached hydrogen (secondary N) is 1. The van der Waals surface area contributed by atoms with Gasteiger partial charge in [0.2, 0.25) is 5.76 Å². The van der Waals surface area contributed by atoms with Gasteiger partial charge in [0.15, 0.2) is 0 Å². The van der Waals surface area contributed by atoms with E-state index in [1.54, 1.807) is 6.92 Å². The molecule has 0 atom stereocenters. The quantitative estimate of drug-likeness (QED) is 0.829. The minimum atomic E-state index is -0.286. The Hall–Kier alpha value is -2.10. The zero-order valence-corrected chi connectivity index (χ0v) is 11.1. The Kier molecular flexibility index (Phi) is 4.34. The maximum atomic E-state index is 11.8. The summed E-state index contributed by atoms with van der Waals surface area (Å²) in [7, 11) is 0. The van der Waals surface area contributed by atoms with E-state index in [2.05, 4.69) is 22.3 Å². The molecule has 5 nitrogen and oxygen atoms in total. The zero-order valence-electron chi connectivity index (χ0n) is 10.3. The van der Waals surface area contributed by atoms with Crippen LogP contribution in [0.4, 0.5) is 0 Å². The van der Waals surface area contributed by atoms with Gasteiger partial charge in [0.1, 0.15) is 6.61 Å². The summed E-state index contributed by atoms with van der Waals surface area (Å²) < 4.78 is 4.86. The first kappa shape index (κ1) is 13.3. The fraction of sp³-hybridized carbons (Fsp3) is 0.231. The van der Waals surface area contributed by atoms with E-state index in [4.69, 9.17) is 9.63 Å². The Bertz CT molecular complexity index is 634. The van der Waals surface area contributed by atoms with Crippen LogP contribution in [0.15, 0.2) is 22.9 Å². The number of aryl methyl sites for hydroxylation is 1. The molecule has 2 heterocycles. The monoisotopic (exact) mass is 276 g/mol. The molecule has 0 unspecified atom stereocenters. The number of aromatic nitrogens is 1. The van der Waals surface area contributed by atoms with Gasteiger partial charge in [-0.25, -0.2) is 0 Å². The van der Waals surface area contributed by atoms with E-state index in [9.17, 15) is 4.79 Å². The molecule has 2 aromatic rings. The van der Waals surface area contributed by atoms with Crippen molar-refractivity contribution < 1.29 is 14.4 Å². The second-order valence-corrected chi connectivity index (χ2v) is 4.91. The number of aliphatic hydroxyl groups is 1. The molecule has 0 saturated heterocycles. The van der Waals surface area contributed by atoms with Gasteiger partial charge < -0.3 is 14.9 Å². The SMILES string of the molecule is Cc1cnoc1C(=O)NCc1ccc(C#CCO)s1. The molecular weight excluding hydrogens is 264 g/mol. The molecular formula is C13H12N2O3S. The molecule has 0 spiro atoms. The minimum absolute atomic E-state index is 0.158. The number of carbonyl (C=O) groups is 1. The van der Waals surface area contributed by atoms with E-state index >= 15 is 0 Å². The first-order chi connectivity index (χ1) is 9.20. The lowest BCUT2D eigenvalue weighted by Crippen LogP contribution is -2.22. The lowest BCUT2D eigenvalue weighted by Gasteiger charge is -2.00. The fourth-order valence-electron chi connectivity index (χ4n) is 1.42. The Labute approximate surface area is 114 Å². The van der Waals surface area contributed by atoms with Gasteiger partial charge in [-0.1, -0.05) is 17.0 Å². The molecule has 2 rings (SSSR count). The van der Waals surface area contributed by atoms with Crippen LogP contribution in [0.2, 0.25) is 0 Å². The summed E-state index contributed by atoms with van der Waals surface area (Å²) in [4.78, 5) is 13.6. The number of amides is 1. The molecule has 0 fully saturated rings. The minimum Gasteiger partial charge on any atom is -0.384 e. The van der Waals surface area contributed by atoms with Gasteiger partial charge in [0.05, 0.1) is 17.6 Å². The summed E-state index contributed by atoms with van der Waals surface area (Å²) >= 11 is 1.47. The van der Waals surface area contributed by atoms with Crippen molar-refractivity contribution in [2.24, 2.45) is 0 Å². The lowest BCUT2D eigenvalue weighted by molar-refractivity contribution is 0.0913. The lowest BCUT2D eigenvalue weighted by atomic mass is 10.3. The maximum absolute atomic E-state index is 11.8. The Morgan fingerprint density at radius 3 is 3.11 bits per heavy atom. The molecule has 0 bridgehead atoms. The summed E-state index contributed by atoms with van der Waals surface area (Å²) in [6.07, 6.45) is 1.50. The number of hydrogen-bond donors (Lipinski definition) is 2. The molecule has 19 heavy (non-hydrogen) atoms. The number of aliphatic hydroxyl groups excluding tert-OH is 1. The highest BCUT2D eigenvalue weighted by molar-refractivity contribution is 7.12. The van der Waals surface area contributed by atoms with Crippen LogP contribution in [-0.2, 0) is 6.54 Å². The second kappa shape index (κ2) is 6.18. The van der Waals surface area contributed by atoms with Crippen molar-refractivity contribution in [3.8, 4) is 11.8 Å². The van der Waals surface area contributed by atoms with Gasteiger partial charge in [-0.05, 0) is 19.1 Å². The molecule has 0 aliphatic carbocycles. The standard InChI is InChI=1S/C13H12N2O3S/c1-9-7-15-18-12(9)13(17)14-8-11-5-4-10(19-11)3-2-6-16/h4-5,7,16H,6,8H2,1H3,(H,14,17). The van der Waals surface area contributed by atoms with Crippen LogP contribution >= 0.6 is 11.3 Å². The molecule has 0 aliphatic heterocycles. The third-order valence-electron chi connectivity index (χ3n) is 2.33. The molecule has 6 heteroatoms. The third kappa shape index (κ3) is 3.44. The van der Waals surface area contributed by atoms with Gasteiger partial charge in [0, 0.05) is 10.4 Å². The smallest absolute Gasteiger partial charge is 0.290 e. The van der Waals surface area contributed by atoms with E-state index in [1.165, 1.54) is 17.5 Å². The molecule has 0 aliphatic rings. The predicted octanol–water partition coefficient (Wildman–Crippen LogP) is 1.32. The summed E-state index contributed by atoms with van der Waals surface area (Å²) in [5.41, 5.74) is 0.707. The highest BCUT2D eigenvalue weighted by Gasteiger charge is 2.13. The van der Waals surface area contributed by atoms with Gasteiger partial charge >= 0.3 is 0 Å². The Morgan fingerprint density at radius 1 is 1.58 bits per heavy atom. The first-order valence-corrected chi connectivity index (χ1v) is 6.40. The van der Waals surface area contributed by atoms with E-state index < -0.39 is 0 Å². The van der Waals surface area contributed by atoms with Crippen molar-refractivity contribution in [3.05, 3.63) is 39.4 Å². The van der Waals surface area contributed by atoms with Gasteiger partial charge in [-0.3, -0.25) is 4.79 Å². The number of hydrogen-bond acceptors (Lipinski definition) is 5. The van der Waals surface area contributed by atoms with E-state index in [-0.39, 0.29) is 18.3 Å². The van der Waals surface area contributed by atoms with Gasteiger partial charge in [0.25, 0.3) is 5.91 Å². The van der Waals surface area contributed by atoms with Crippen LogP contribution in [0.3, 0.4) is 0 Å². The molecule has 98 valence electrons. The van der Waals surface area contributed by atoms with Crippen LogP contribution in [-0.4, -0.2) is 22.8 Å². The average Bonchev–Trinajstić information content (AvgIpc) is 3.02. The van der Waals surface area contributed by atoms with Crippen LogP contribution in [0.5, 0.6) is 0 Å². The Morgan fingerprint density at radius 2 is 2.42 bits per heavy atom. The van der Waals surface area contributed by atoms with Gasteiger partial charge in [-0.15, -0.1) is 11.3 Å². The van der Waals surface area contributed by atoms with Crippen LogP contribution < -0.4 is 5.32 Å². The van der Waals surface area contributed by atoms with Crippen LogP contribution in [0.25, 0.3) is 0 Å². The van der Waals surface area contributed by atoms with Crippen LogP contribution in [0.1, 0.15) is 25.9 Å². The molecule has 1 amide bonds. The predicted molar refractivity (Wildman–Crippen MR) is 70.7 cm³/mol. The molecule has 2 aromatic heterocycles. The molecule has 0 saturated carbocycles. The normalized spacial score (nSPS) is 9.79. The average molecular weight is 276 g/mol. The number of nitrogens with zero attached hydrogens (tertiary/aromatic N) is 1. The number of carbonyl (C=O) groups excluding carboxylic acids is 1. The van der Waals surface area contributed by atoms with Crippen molar-refractivity contribution >= 4 is 17.2 Å². The summed E-state index contributed by atoms with van der Waals surface area (Å²) in [6.45, 7) is 2.01. The summed E-state index contributed by atoms with van der Waals surface area (Å²) in [5.74, 6) is 5.34. The number of rotatable bonds is 3. The summed E-state index contributed by atoms with van der Waals surface area (Å²) in [5, 5.41) is 14.9. The highest BCUT2D eigenvalue weighted by Crippen LogP contribution is 2.15. The molecule has 0 radical (unpaired) electrons. The summed E-state index contributed by atoms with van der Waals surface area (Å²) in [6, 6.07) is 3.74. The zero-order chi connectivity index (χ0) is 13.7. The van der Waals surface area contributed by atoms with E-state index in [1.807, 2.05) is 12.1 Å². The maximum Gasteiger partial charge on any atom is 0.290 e. The largest absolute Gasteiger partial charge is 0.384 e. The number of thiophene rings is 1. The second-order valence-electron chi connectivity index (χ2n) is 3.75. The van der Waals surface area contributed by atoms with Crippen molar-refractivity contribution in [1.29, 1.82) is 0 Å². The van der Waals surface area contributed by atoms with Crippen molar-refractivity contribution in [2.75, 3.05) is 6.61 Å². The van der Waals surface area contributed by atoms with E-state index in [0.717, 1.165) is 9.75 Å². The highest BCUT2D eigenvalue weighted by atomic mass is 32.1. The third-order valence-corrected chi connectivity index (χ3v) is 3.33. The van der Waals surface area contributed by atoms with Crippen molar-refractivity contribution in [2.45, 2.75) is 13.5 Å². The van der Waals surface area contributed by atoms with Crippen molar-refractivity contribution in [1.82, 2.24) is 10.5 Å². The molecule has 0 aromatic carbocycles. The topological polar surface area (TPSA) is 75.4 Å². The van der Waals surface area contributed by atoms with Crippen molar-refractivity contribution in [3.63, 3.8) is 0 Å². The first-order valence-electron chi connectivity index (χ1n) is 5.58. The van der Waals surface area contributed by atoms with E-state index in [0.29, 0.717) is 12.1 Å².